The van der Waals surface area contributed by atoms with Crippen molar-refractivity contribution in [3.8, 4) is 0 Å². The summed E-state index contributed by atoms with van der Waals surface area (Å²) in [5, 5.41) is 6.00. The Kier molecular flexibility index (Phi) is 6.94. The first-order chi connectivity index (χ1) is 15.1. The van der Waals surface area contributed by atoms with Gasteiger partial charge in [0.15, 0.2) is 0 Å². The number of nitrogens with one attached hydrogen (secondary N) is 2. The highest BCUT2D eigenvalue weighted by molar-refractivity contribution is 5.92. The smallest absolute Gasteiger partial charge is 0.238 e. The summed E-state index contributed by atoms with van der Waals surface area (Å²) in [6.07, 6.45) is 3.17. The Morgan fingerprint density at radius 2 is 1.55 bits per heavy atom. The van der Waals surface area contributed by atoms with Crippen LogP contribution in [-0.2, 0) is 16.0 Å². The van der Waals surface area contributed by atoms with E-state index in [0.717, 1.165) is 45.4 Å². The minimum atomic E-state index is -0.328. The lowest BCUT2D eigenvalue weighted by atomic mass is 9.88. The van der Waals surface area contributed by atoms with Crippen molar-refractivity contribution < 1.29 is 14.0 Å². The molecule has 1 saturated heterocycles. The zero-order valence-corrected chi connectivity index (χ0v) is 17.6. The molecule has 164 valence electrons. The predicted molar refractivity (Wildman–Crippen MR) is 118 cm³/mol. The Hall–Kier alpha value is -2.77. The first kappa shape index (κ1) is 21.5. The number of anilines is 1. The van der Waals surface area contributed by atoms with Crippen molar-refractivity contribution in [2.45, 2.75) is 25.3 Å². The molecule has 6 nitrogen and oxygen atoms in total. The van der Waals surface area contributed by atoms with Crippen molar-refractivity contribution in [2.24, 2.45) is 0 Å². The molecule has 2 aromatic carbocycles. The number of hydrogen-bond acceptors (Lipinski definition) is 4. The molecule has 1 fully saturated rings. The molecule has 2 N–H and O–H groups in total. The van der Waals surface area contributed by atoms with Crippen LogP contribution in [-0.4, -0.2) is 60.9 Å². The average molecular weight is 425 g/mol. The van der Waals surface area contributed by atoms with E-state index in [1.807, 2.05) is 6.07 Å². The molecular formula is C24H29FN4O2. The lowest BCUT2D eigenvalue weighted by Crippen LogP contribution is -2.51. The molecule has 2 aliphatic rings. The van der Waals surface area contributed by atoms with Crippen LogP contribution < -0.4 is 10.6 Å². The van der Waals surface area contributed by atoms with Gasteiger partial charge in [0.1, 0.15) is 5.82 Å². The fourth-order valence-corrected chi connectivity index (χ4v) is 4.39. The fourth-order valence-electron chi connectivity index (χ4n) is 4.39. The van der Waals surface area contributed by atoms with E-state index in [4.69, 9.17) is 0 Å². The van der Waals surface area contributed by atoms with E-state index in [1.54, 1.807) is 12.1 Å². The summed E-state index contributed by atoms with van der Waals surface area (Å²) < 4.78 is 13.0. The third kappa shape index (κ3) is 5.89. The molecule has 7 heteroatoms. The first-order valence-electron chi connectivity index (χ1n) is 10.9. The van der Waals surface area contributed by atoms with Crippen LogP contribution in [0.3, 0.4) is 0 Å². The molecule has 0 bridgehead atoms. The number of amides is 2. The normalized spacial score (nSPS) is 19.5. The molecule has 2 amide bonds. The zero-order valence-electron chi connectivity index (χ0n) is 17.6. The second kappa shape index (κ2) is 10.0. The van der Waals surface area contributed by atoms with Crippen LogP contribution in [0.1, 0.15) is 30.0 Å². The number of carbonyl (C=O) groups excluding carboxylic acids is 2. The van der Waals surface area contributed by atoms with Gasteiger partial charge in [0.25, 0.3) is 0 Å². The van der Waals surface area contributed by atoms with Crippen molar-refractivity contribution in [2.75, 3.05) is 44.6 Å². The molecule has 0 radical (unpaired) electrons. The van der Waals surface area contributed by atoms with Crippen molar-refractivity contribution in [1.82, 2.24) is 15.1 Å². The van der Waals surface area contributed by atoms with Crippen molar-refractivity contribution in [3.05, 3.63) is 65.5 Å². The molecule has 1 aliphatic carbocycles. The van der Waals surface area contributed by atoms with E-state index < -0.39 is 0 Å². The SMILES string of the molecule is O=C(CN1CCN(CC(=O)N[C@@H]2CCCc3ccccc32)CC1)Nc1ccc(F)cc1. The van der Waals surface area contributed by atoms with Crippen molar-refractivity contribution in [1.29, 1.82) is 0 Å². The van der Waals surface area contributed by atoms with Gasteiger partial charge in [-0.3, -0.25) is 19.4 Å². The lowest BCUT2D eigenvalue weighted by molar-refractivity contribution is -0.124. The van der Waals surface area contributed by atoms with Gasteiger partial charge < -0.3 is 10.6 Å². The second-order valence-electron chi connectivity index (χ2n) is 8.32. The van der Waals surface area contributed by atoms with E-state index in [-0.39, 0.29) is 30.2 Å². The molecular weight excluding hydrogens is 395 g/mol. The van der Waals surface area contributed by atoms with Gasteiger partial charge >= 0.3 is 0 Å². The number of hydrogen-bond donors (Lipinski definition) is 2. The standard InChI is InChI=1S/C24H29FN4O2/c25-19-8-10-20(11-9-19)26-23(30)16-28-12-14-29(15-13-28)17-24(31)27-22-7-3-5-18-4-1-2-6-21(18)22/h1-2,4,6,8-11,22H,3,5,7,12-17H2,(H,26,30)(H,27,31)/t22-/m1/s1. The molecule has 31 heavy (non-hydrogen) atoms. The zero-order chi connectivity index (χ0) is 21.6. The summed E-state index contributed by atoms with van der Waals surface area (Å²) in [5.41, 5.74) is 3.18. The fraction of sp³-hybridized carbons (Fsp3) is 0.417. The number of piperazine rings is 1. The minimum Gasteiger partial charge on any atom is -0.348 e. The van der Waals surface area contributed by atoms with Gasteiger partial charge in [-0.05, 0) is 54.7 Å². The van der Waals surface area contributed by atoms with E-state index in [1.165, 1.54) is 23.3 Å². The highest BCUT2D eigenvalue weighted by Gasteiger charge is 2.24. The number of benzene rings is 2. The Labute approximate surface area is 182 Å². The van der Waals surface area contributed by atoms with E-state index in [0.29, 0.717) is 12.2 Å². The highest BCUT2D eigenvalue weighted by Crippen LogP contribution is 2.29. The Morgan fingerprint density at radius 1 is 0.903 bits per heavy atom. The van der Waals surface area contributed by atoms with Gasteiger partial charge in [-0.25, -0.2) is 4.39 Å². The number of halogens is 1. The summed E-state index contributed by atoms with van der Waals surface area (Å²) in [6, 6.07) is 14.2. The largest absolute Gasteiger partial charge is 0.348 e. The van der Waals surface area contributed by atoms with Crippen LogP contribution in [0.25, 0.3) is 0 Å². The first-order valence-corrected chi connectivity index (χ1v) is 10.9. The monoisotopic (exact) mass is 424 g/mol. The molecule has 0 unspecified atom stereocenters. The minimum absolute atomic E-state index is 0.0594. The van der Waals surface area contributed by atoms with Gasteiger partial charge in [0.2, 0.25) is 11.8 Å². The van der Waals surface area contributed by atoms with Gasteiger partial charge in [-0.15, -0.1) is 0 Å². The van der Waals surface area contributed by atoms with Crippen LogP contribution in [0.5, 0.6) is 0 Å². The maximum Gasteiger partial charge on any atom is 0.238 e. The summed E-state index contributed by atoms with van der Waals surface area (Å²) in [5.74, 6) is -0.385. The van der Waals surface area contributed by atoms with Gasteiger partial charge in [0.05, 0.1) is 19.1 Å². The maximum absolute atomic E-state index is 13.0. The lowest BCUT2D eigenvalue weighted by Gasteiger charge is -2.34. The van der Waals surface area contributed by atoms with E-state index in [2.05, 4.69) is 38.6 Å². The summed E-state index contributed by atoms with van der Waals surface area (Å²) >= 11 is 0. The third-order valence-electron chi connectivity index (χ3n) is 6.03. The van der Waals surface area contributed by atoms with Crippen molar-refractivity contribution in [3.63, 3.8) is 0 Å². The molecule has 4 rings (SSSR count). The molecule has 1 atom stereocenters. The van der Waals surface area contributed by atoms with Crippen LogP contribution >= 0.6 is 0 Å². The van der Waals surface area contributed by atoms with E-state index >= 15 is 0 Å². The third-order valence-corrected chi connectivity index (χ3v) is 6.03. The molecule has 0 aromatic heterocycles. The van der Waals surface area contributed by atoms with Crippen molar-refractivity contribution >= 4 is 17.5 Å². The van der Waals surface area contributed by atoms with E-state index in [9.17, 15) is 14.0 Å². The highest BCUT2D eigenvalue weighted by atomic mass is 19.1. The second-order valence-corrected chi connectivity index (χ2v) is 8.32. The van der Waals surface area contributed by atoms with Crippen LogP contribution in [0, 0.1) is 5.82 Å². The van der Waals surface area contributed by atoms with Gasteiger partial charge in [0, 0.05) is 31.9 Å². The average Bonchev–Trinajstić information content (AvgIpc) is 2.77. The Morgan fingerprint density at radius 3 is 2.26 bits per heavy atom. The predicted octanol–water partition coefficient (Wildman–Crippen LogP) is 2.58. The quantitative estimate of drug-likeness (QED) is 0.748. The Bertz CT molecular complexity index is 910. The molecule has 2 aromatic rings. The molecule has 0 saturated carbocycles. The van der Waals surface area contributed by atoms with Gasteiger partial charge in [-0.1, -0.05) is 24.3 Å². The van der Waals surface area contributed by atoms with Crippen LogP contribution in [0.4, 0.5) is 10.1 Å². The molecule has 0 spiro atoms. The number of aryl methyl sites for hydroxylation is 1. The van der Waals surface area contributed by atoms with Crippen LogP contribution in [0.15, 0.2) is 48.5 Å². The molecule has 1 aliphatic heterocycles. The summed E-state index contributed by atoms with van der Waals surface area (Å²) in [7, 11) is 0. The number of carbonyl (C=O) groups is 2. The number of rotatable bonds is 6. The summed E-state index contributed by atoms with van der Waals surface area (Å²) in [4.78, 5) is 29.1. The topological polar surface area (TPSA) is 64.7 Å². The van der Waals surface area contributed by atoms with Gasteiger partial charge in [-0.2, -0.15) is 0 Å². The Balaban J connectivity index is 1.19. The number of fused-ring (bicyclic) bond motifs is 1. The maximum atomic E-state index is 13.0. The van der Waals surface area contributed by atoms with Crippen LogP contribution in [0.2, 0.25) is 0 Å². The summed E-state index contributed by atoms with van der Waals surface area (Å²) in [6.45, 7) is 3.63. The number of nitrogens with zero attached hydrogens (tertiary/aromatic N) is 2. The molecule has 1 heterocycles.